The van der Waals surface area contributed by atoms with Crippen LogP contribution >= 0.6 is 11.6 Å². The van der Waals surface area contributed by atoms with Crippen molar-refractivity contribution in [2.24, 2.45) is 11.1 Å². The molecule has 1 saturated heterocycles. The minimum Gasteiger partial charge on any atom is -0.508 e. The number of amides is 1. The first-order chi connectivity index (χ1) is 14.5. The van der Waals surface area contributed by atoms with Crippen molar-refractivity contribution in [2.75, 3.05) is 4.90 Å². The number of phenols is 1. The van der Waals surface area contributed by atoms with Crippen molar-refractivity contribution >= 4 is 34.7 Å². The minimum absolute atomic E-state index is 0.0430. The number of rotatable bonds is 4. The summed E-state index contributed by atoms with van der Waals surface area (Å²) in [6.45, 7) is 0. The summed E-state index contributed by atoms with van der Waals surface area (Å²) in [5.41, 5.74) is 1.29. The van der Waals surface area contributed by atoms with E-state index in [9.17, 15) is 19.9 Å². The fourth-order valence-electron chi connectivity index (χ4n) is 3.73. The number of benzene rings is 3. The number of oxime groups is 1. The van der Waals surface area contributed by atoms with Crippen LogP contribution in [0.2, 0.25) is 5.02 Å². The number of carbonyl (C=O) groups excluding carboxylic acids is 2. The molecule has 0 aromatic heterocycles. The maximum absolute atomic E-state index is 13.4. The number of halogens is 1. The summed E-state index contributed by atoms with van der Waals surface area (Å²) in [5.74, 6) is -1.91. The molecule has 1 heterocycles. The molecule has 0 spiro atoms. The molecule has 0 saturated carbocycles. The smallest absolute Gasteiger partial charge is 0.277 e. The molecule has 7 heteroatoms. The molecular formula is C23H17ClN2O4. The van der Waals surface area contributed by atoms with Gasteiger partial charge in [0.2, 0.25) is 0 Å². The quantitative estimate of drug-likeness (QED) is 0.370. The highest BCUT2D eigenvalue weighted by molar-refractivity contribution is 6.51. The van der Waals surface area contributed by atoms with Gasteiger partial charge in [-0.15, -0.1) is 0 Å². The van der Waals surface area contributed by atoms with Crippen molar-refractivity contribution in [3.8, 4) is 5.75 Å². The zero-order valence-corrected chi connectivity index (χ0v) is 16.4. The number of hydrogen-bond donors (Lipinski definition) is 2. The van der Waals surface area contributed by atoms with Gasteiger partial charge in [0.25, 0.3) is 5.91 Å². The van der Waals surface area contributed by atoms with Crippen molar-refractivity contribution in [3.63, 3.8) is 0 Å². The lowest BCUT2D eigenvalue weighted by molar-refractivity contribution is -0.112. The summed E-state index contributed by atoms with van der Waals surface area (Å²) in [5, 5.41) is 23.0. The summed E-state index contributed by atoms with van der Waals surface area (Å²) in [6.07, 6.45) is 0. The predicted octanol–water partition coefficient (Wildman–Crippen LogP) is 4.46. The van der Waals surface area contributed by atoms with Gasteiger partial charge in [-0.05, 0) is 42.0 Å². The van der Waals surface area contributed by atoms with Crippen LogP contribution in [0.5, 0.6) is 5.75 Å². The summed E-state index contributed by atoms with van der Waals surface area (Å²) in [4.78, 5) is 28.0. The van der Waals surface area contributed by atoms with E-state index in [4.69, 9.17) is 11.6 Å². The first kappa shape index (κ1) is 19.7. The normalized spacial score (nSPS) is 20.0. The van der Waals surface area contributed by atoms with Crippen LogP contribution in [0, 0.1) is 5.92 Å². The lowest BCUT2D eigenvalue weighted by Crippen LogP contribution is -2.30. The van der Waals surface area contributed by atoms with Gasteiger partial charge in [-0.25, -0.2) is 0 Å². The second-order valence-electron chi connectivity index (χ2n) is 6.88. The number of hydrogen-bond acceptors (Lipinski definition) is 5. The Labute approximate surface area is 177 Å². The highest BCUT2D eigenvalue weighted by Crippen LogP contribution is 2.42. The van der Waals surface area contributed by atoms with Gasteiger partial charge in [0, 0.05) is 16.3 Å². The Balaban J connectivity index is 1.89. The molecule has 0 radical (unpaired) electrons. The van der Waals surface area contributed by atoms with Crippen LogP contribution in [0.15, 0.2) is 84.0 Å². The van der Waals surface area contributed by atoms with Crippen molar-refractivity contribution in [1.29, 1.82) is 0 Å². The van der Waals surface area contributed by atoms with Crippen molar-refractivity contribution in [1.82, 2.24) is 0 Å². The molecule has 2 N–H and O–H groups in total. The molecule has 1 fully saturated rings. The SMILES string of the molecule is O=C(c1ccccc1)C1C(=NO)C(=O)N(c2ccc(O)cc2)C1c1ccc(Cl)cc1. The van der Waals surface area contributed by atoms with Crippen LogP contribution < -0.4 is 4.90 Å². The van der Waals surface area contributed by atoms with Crippen LogP contribution in [0.4, 0.5) is 5.69 Å². The highest BCUT2D eigenvalue weighted by atomic mass is 35.5. The van der Waals surface area contributed by atoms with E-state index >= 15 is 0 Å². The van der Waals surface area contributed by atoms with E-state index < -0.39 is 17.9 Å². The lowest BCUT2D eigenvalue weighted by Gasteiger charge is -2.27. The topological polar surface area (TPSA) is 90.2 Å². The van der Waals surface area contributed by atoms with Crippen molar-refractivity contribution in [2.45, 2.75) is 6.04 Å². The van der Waals surface area contributed by atoms with Gasteiger partial charge in [-0.1, -0.05) is 59.2 Å². The van der Waals surface area contributed by atoms with Crippen molar-refractivity contribution in [3.05, 3.63) is 95.0 Å². The number of nitrogens with zero attached hydrogens (tertiary/aromatic N) is 2. The third-order valence-corrected chi connectivity index (χ3v) is 5.37. The van der Waals surface area contributed by atoms with Crippen LogP contribution in [0.25, 0.3) is 0 Å². The molecule has 0 aliphatic carbocycles. The largest absolute Gasteiger partial charge is 0.508 e. The number of ketones is 1. The second-order valence-corrected chi connectivity index (χ2v) is 7.32. The fourth-order valence-corrected chi connectivity index (χ4v) is 3.85. The summed E-state index contributed by atoms with van der Waals surface area (Å²) < 4.78 is 0. The van der Waals surface area contributed by atoms with Crippen molar-refractivity contribution < 1.29 is 19.9 Å². The lowest BCUT2D eigenvalue weighted by atomic mass is 9.86. The molecule has 2 atom stereocenters. The molecule has 150 valence electrons. The second kappa shape index (κ2) is 8.00. The van der Waals surface area contributed by atoms with E-state index in [1.807, 2.05) is 0 Å². The monoisotopic (exact) mass is 420 g/mol. The number of aromatic hydroxyl groups is 1. The Hall–Kier alpha value is -3.64. The maximum Gasteiger partial charge on any atom is 0.277 e. The summed E-state index contributed by atoms with van der Waals surface area (Å²) >= 11 is 6.03. The standard InChI is InChI=1S/C23H17ClN2O4/c24-16-8-6-14(7-9-16)21-19(22(28)15-4-2-1-3-5-15)20(25-30)23(29)26(21)17-10-12-18(27)13-11-17/h1-13,19,21,27,30H. The van der Waals surface area contributed by atoms with Gasteiger partial charge < -0.3 is 10.3 Å². The van der Waals surface area contributed by atoms with Gasteiger partial charge in [0.1, 0.15) is 5.75 Å². The van der Waals surface area contributed by atoms with Crippen LogP contribution in [0.3, 0.4) is 0 Å². The van der Waals surface area contributed by atoms with Gasteiger partial charge in [0.05, 0.1) is 12.0 Å². The molecule has 1 aliphatic rings. The van der Waals surface area contributed by atoms with E-state index in [1.165, 1.54) is 17.0 Å². The van der Waals surface area contributed by atoms with Gasteiger partial charge in [-0.3, -0.25) is 14.5 Å². The molecular weight excluding hydrogens is 404 g/mol. The molecule has 0 bridgehead atoms. The molecule has 1 aliphatic heterocycles. The average Bonchev–Trinajstić information content (AvgIpc) is 3.07. The number of Topliss-reactive ketones (excluding diaryl/α,β-unsaturated/α-hetero) is 1. The number of carbonyl (C=O) groups is 2. The number of phenolic OH excluding ortho intramolecular Hbond substituents is 1. The zero-order chi connectivity index (χ0) is 21.3. The zero-order valence-electron chi connectivity index (χ0n) is 15.6. The molecule has 3 aromatic carbocycles. The fraction of sp³-hybridized carbons (Fsp3) is 0.0870. The molecule has 4 rings (SSSR count). The van der Waals surface area contributed by atoms with Crippen LogP contribution in [-0.4, -0.2) is 27.7 Å². The van der Waals surface area contributed by atoms with Crippen LogP contribution in [-0.2, 0) is 4.79 Å². The van der Waals surface area contributed by atoms with E-state index in [-0.39, 0.29) is 17.2 Å². The minimum atomic E-state index is -1.03. The first-order valence-corrected chi connectivity index (χ1v) is 9.58. The highest BCUT2D eigenvalue weighted by Gasteiger charge is 2.51. The maximum atomic E-state index is 13.4. The first-order valence-electron chi connectivity index (χ1n) is 9.20. The Morgan fingerprint density at radius 1 is 0.933 bits per heavy atom. The molecule has 30 heavy (non-hydrogen) atoms. The van der Waals surface area contributed by atoms with E-state index in [0.717, 1.165) is 0 Å². The van der Waals surface area contributed by atoms with Gasteiger partial charge in [0.15, 0.2) is 11.5 Å². The van der Waals surface area contributed by atoms with E-state index in [1.54, 1.807) is 66.7 Å². The predicted molar refractivity (Wildman–Crippen MR) is 113 cm³/mol. The third kappa shape index (κ3) is 3.42. The summed E-state index contributed by atoms with van der Waals surface area (Å²) in [6, 6.07) is 20.7. The Morgan fingerprint density at radius 2 is 1.57 bits per heavy atom. The van der Waals surface area contributed by atoms with E-state index in [0.29, 0.717) is 21.8 Å². The Bertz CT molecular complexity index is 1110. The Kier molecular flexibility index (Phi) is 5.25. The molecule has 2 unspecified atom stereocenters. The Morgan fingerprint density at radius 3 is 2.17 bits per heavy atom. The average molecular weight is 421 g/mol. The molecule has 3 aromatic rings. The van der Waals surface area contributed by atoms with Gasteiger partial charge >= 0.3 is 0 Å². The summed E-state index contributed by atoms with van der Waals surface area (Å²) in [7, 11) is 0. The van der Waals surface area contributed by atoms with Crippen LogP contribution in [0.1, 0.15) is 22.0 Å². The molecule has 6 nitrogen and oxygen atoms in total. The molecule has 1 amide bonds. The van der Waals surface area contributed by atoms with Gasteiger partial charge in [-0.2, -0.15) is 0 Å². The van der Waals surface area contributed by atoms with E-state index in [2.05, 4.69) is 5.16 Å². The third-order valence-electron chi connectivity index (χ3n) is 5.11. The number of anilines is 1.